The molecule has 1 fully saturated rings. The molecule has 0 aliphatic carbocycles. The molecule has 6 heteroatoms. The molecule has 2 heterocycles. The Hall–Kier alpha value is -3.02. The van der Waals surface area contributed by atoms with Crippen molar-refractivity contribution in [1.82, 2.24) is 4.90 Å². The van der Waals surface area contributed by atoms with E-state index in [1.165, 1.54) is 0 Å². The van der Waals surface area contributed by atoms with E-state index in [9.17, 15) is 9.59 Å². The summed E-state index contributed by atoms with van der Waals surface area (Å²) in [6.45, 7) is 1.64. The summed E-state index contributed by atoms with van der Waals surface area (Å²) >= 11 is 0. The van der Waals surface area contributed by atoms with Crippen LogP contribution in [0.1, 0.15) is 17.9 Å². The number of anilines is 1. The Balaban J connectivity index is 1.37. The van der Waals surface area contributed by atoms with Crippen molar-refractivity contribution in [3.05, 3.63) is 54.1 Å². The van der Waals surface area contributed by atoms with E-state index in [1.54, 1.807) is 23.1 Å². The molecule has 0 bridgehead atoms. The second kappa shape index (κ2) is 7.07. The van der Waals surface area contributed by atoms with Crippen LogP contribution in [0.15, 0.2) is 48.5 Å². The van der Waals surface area contributed by atoms with Gasteiger partial charge in [-0.05, 0) is 17.7 Å². The van der Waals surface area contributed by atoms with Gasteiger partial charge in [0.15, 0.2) is 11.5 Å². The zero-order chi connectivity index (χ0) is 17.9. The van der Waals surface area contributed by atoms with Gasteiger partial charge in [0.25, 0.3) is 0 Å². The Labute approximate surface area is 151 Å². The number of carbonyl (C=O) groups excluding carboxylic acids is 2. The standard InChI is InChI=1S/C20H20N2O4/c23-19(21-16-6-7-17-18(11-16)26-9-8-25-17)13-22-12-15(10-20(22)24)14-4-2-1-3-5-14/h1-7,11,15H,8-10,12-13H2,(H,21,23). The summed E-state index contributed by atoms with van der Waals surface area (Å²) < 4.78 is 11.0. The van der Waals surface area contributed by atoms with Crippen molar-refractivity contribution in [1.29, 1.82) is 0 Å². The largest absolute Gasteiger partial charge is 0.486 e. The molecule has 1 atom stereocenters. The first-order valence-electron chi connectivity index (χ1n) is 8.71. The highest BCUT2D eigenvalue weighted by Crippen LogP contribution is 2.32. The Morgan fingerprint density at radius 1 is 1.08 bits per heavy atom. The Morgan fingerprint density at radius 2 is 1.85 bits per heavy atom. The zero-order valence-corrected chi connectivity index (χ0v) is 14.3. The second-order valence-corrected chi connectivity index (χ2v) is 6.49. The third-order valence-electron chi connectivity index (χ3n) is 4.65. The fraction of sp³-hybridized carbons (Fsp3) is 0.300. The molecule has 2 aliphatic heterocycles. The van der Waals surface area contributed by atoms with Gasteiger partial charge in [-0.25, -0.2) is 0 Å². The first-order chi connectivity index (χ1) is 12.7. The van der Waals surface area contributed by atoms with E-state index in [-0.39, 0.29) is 24.3 Å². The molecule has 2 aliphatic rings. The molecule has 0 radical (unpaired) electrons. The molecular weight excluding hydrogens is 332 g/mol. The van der Waals surface area contributed by atoms with E-state index < -0.39 is 0 Å². The van der Waals surface area contributed by atoms with E-state index >= 15 is 0 Å². The van der Waals surface area contributed by atoms with Crippen LogP contribution in [-0.2, 0) is 9.59 Å². The minimum atomic E-state index is -0.219. The van der Waals surface area contributed by atoms with Gasteiger partial charge in [0.05, 0.1) is 6.54 Å². The second-order valence-electron chi connectivity index (χ2n) is 6.49. The summed E-state index contributed by atoms with van der Waals surface area (Å²) in [4.78, 5) is 26.2. The van der Waals surface area contributed by atoms with Crippen molar-refractivity contribution in [2.75, 3.05) is 31.6 Å². The molecule has 134 valence electrons. The Morgan fingerprint density at radius 3 is 2.65 bits per heavy atom. The van der Waals surface area contributed by atoms with Gasteiger partial charge in [-0.15, -0.1) is 0 Å². The van der Waals surface area contributed by atoms with Crippen LogP contribution in [0.5, 0.6) is 11.5 Å². The number of carbonyl (C=O) groups is 2. The number of nitrogens with one attached hydrogen (secondary N) is 1. The summed E-state index contributed by atoms with van der Waals surface area (Å²) in [7, 11) is 0. The number of hydrogen-bond acceptors (Lipinski definition) is 4. The Kier molecular flexibility index (Phi) is 4.48. The molecule has 2 aromatic carbocycles. The molecule has 1 saturated heterocycles. The number of fused-ring (bicyclic) bond motifs is 1. The predicted molar refractivity (Wildman–Crippen MR) is 96.4 cm³/mol. The summed E-state index contributed by atoms with van der Waals surface area (Å²) in [6, 6.07) is 15.2. The van der Waals surface area contributed by atoms with E-state index in [4.69, 9.17) is 9.47 Å². The van der Waals surface area contributed by atoms with E-state index in [1.807, 2.05) is 30.3 Å². The molecule has 4 rings (SSSR count). The van der Waals surface area contributed by atoms with Gasteiger partial charge in [0, 0.05) is 30.6 Å². The molecule has 2 amide bonds. The van der Waals surface area contributed by atoms with Crippen LogP contribution >= 0.6 is 0 Å². The fourth-order valence-corrected chi connectivity index (χ4v) is 3.37. The quantitative estimate of drug-likeness (QED) is 0.918. The number of amides is 2. The first kappa shape index (κ1) is 16.4. The molecule has 0 aromatic heterocycles. The van der Waals surface area contributed by atoms with Gasteiger partial charge in [-0.1, -0.05) is 30.3 Å². The summed E-state index contributed by atoms with van der Waals surface area (Å²) in [5.41, 5.74) is 1.76. The van der Waals surface area contributed by atoms with Crippen molar-refractivity contribution in [2.24, 2.45) is 0 Å². The summed E-state index contributed by atoms with van der Waals surface area (Å²) in [6.07, 6.45) is 0.446. The number of hydrogen-bond donors (Lipinski definition) is 1. The van der Waals surface area contributed by atoms with Crippen molar-refractivity contribution in [3.63, 3.8) is 0 Å². The average molecular weight is 352 g/mol. The van der Waals surface area contributed by atoms with Crippen LogP contribution in [0.3, 0.4) is 0 Å². The lowest BCUT2D eigenvalue weighted by atomic mass is 9.99. The first-order valence-corrected chi connectivity index (χ1v) is 8.71. The normalized spacial score (nSPS) is 18.7. The highest BCUT2D eigenvalue weighted by atomic mass is 16.6. The van der Waals surface area contributed by atoms with Gasteiger partial charge in [0.2, 0.25) is 11.8 Å². The number of nitrogens with zero attached hydrogens (tertiary/aromatic N) is 1. The Bertz CT molecular complexity index is 822. The van der Waals surface area contributed by atoms with Crippen LogP contribution in [0.2, 0.25) is 0 Å². The number of ether oxygens (including phenoxy) is 2. The van der Waals surface area contributed by atoms with Gasteiger partial charge in [0.1, 0.15) is 13.2 Å². The maximum absolute atomic E-state index is 12.3. The third-order valence-corrected chi connectivity index (χ3v) is 4.65. The van der Waals surface area contributed by atoms with Crippen molar-refractivity contribution in [3.8, 4) is 11.5 Å². The molecular formula is C20H20N2O4. The van der Waals surface area contributed by atoms with Gasteiger partial charge < -0.3 is 19.7 Å². The molecule has 0 spiro atoms. The van der Waals surface area contributed by atoms with Crippen molar-refractivity contribution in [2.45, 2.75) is 12.3 Å². The molecule has 2 aromatic rings. The number of likely N-dealkylation sites (tertiary alicyclic amines) is 1. The van der Waals surface area contributed by atoms with Crippen LogP contribution < -0.4 is 14.8 Å². The lowest BCUT2D eigenvalue weighted by molar-refractivity contribution is -0.131. The summed E-state index contributed by atoms with van der Waals surface area (Å²) in [5, 5.41) is 2.83. The van der Waals surface area contributed by atoms with Crippen LogP contribution in [-0.4, -0.2) is 43.0 Å². The van der Waals surface area contributed by atoms with Crippen molar-refractivity contribution >= 4 is 17.5 Å². The van der Waals surface area contributed by atoms with E-state index in [0.717, 1.165) is 5.56 Å². The van der Waals surface area contributed by atoms with Crippen molar-refractivity contribution < 1.29 is 19.1 Å². The van der Waals surface area contributed by atoms with Gasteiger partial charge in [-0.2, -0.15) is 0 Å². The predicted octanol–water partition coefficient (Wildman–Crippen LogP) is 2.41. The fourth-order valence-electron chi connectivity index (χ4n) is 3.37. The molecule has 0 saturated carbocycles. The minimum absolute atomic E-state index is 0.0103. The van der Waals surface area contributed by atoms with Crippen LogP contribution in [0.25, 0.3) is 0 Å². The number of benzene rings is 2. The van der Waals surface area contributed by atoms with Gasteiger partial charge >= 0.3 is 0 Å². The summed E-state index contributed by atoms with van der Waals surface area (Å²) in [5.74, 6) is 1.23. The van der Waals surface area contributed by atoms with Crippen LogP contribution in [0, 0.1) is 0 Å². The SMILES string of the molecule is O=C(CN1CC(c2ccccc2)CC1=O)Nc1ccc2c(c1)OCCO2. The maximum Gasteiger partial charge on any atom is 0.243 e. The number of rotatable bonds is 4. The van der Waals surface area contributed by atoms with E-state index in [2.05, 4.69) is 5.32 Å². The maximum atomic E-state index is 12.3. The average Bonchev–Trinajstić information content (AvgIpc) is 3.03. The zero-order valence-electron chi connectivity index (χ0n) is 14.3. The highest BCUT2D eigenvalue weighted by molar-refractivity contribution is 5.95. The molecule has 6 nitrogen and oxygen atoms in total. The monoisotopic (exact) mass is 352 g/mol. The molecule has 1 N–H and O–H groups in total. The lowest BCUT2D eigenvalue weighted by Gasteiger charge is -2.20. The smallest absolute Gasteiger partial charge is 0.243 e. The topological polar surface area (TPSA) is 67.9 Å². The molecule has 26 heavy (non-hydrogen) atoms. The van der Waals surface area contributed by atoms with Gasteiger partial charge in [-0.3, -0.25) is 9.59 Å². The lowest BCUT2D eigenvalue weighted by Crippen LogP contribution is -2.34. The van der Waals surface area contributed by atoms with Crippen LogP contribution in [0.4, 0.5) is 5.69 Å². The van der Waals surface area contributed by atoms with E-state index in [0.29, 0.717) is 43.4 Å². The third kappa shape index (κ3) is 3.49. The highest BCUT2D eigenvalue weighted by Gasteiger charge is 2.31. The molecule has 1 unspecified atom stereocenters. The minimum Gasteiger partial charge on any atom is -0.486 e.